The summed E-state index contributed by atoms with van der Waals surface area (Å²) >= 11 is 6.31. The molecule has 27 heavy (non-hydrogen) atoms. The molecule has 0 spiro atoms. The number of hydrogen-bond acceptors (Lipinski definition) is 4. The van der Waals surface area contributed by atoms with Gasteiger partial charge in [-0.2, -0.15) is 0 Å². The Kier molecular flexibility index (Phi) is 5.43. The minimum absolute atomic E-state index is 0.0915. The van der Waals surface area contributed by atoms with E-state index in [1.807, 2.05) is 18.2 Å². The van der Waals surface area contributed by atoms with Crippen LogP contribution in [0, 0.1) is 0 Å². The Bertz CT molecular complexity index is 1070. The maximum absolute atomic E-state index is 13.0. The van der Waals surface area contributed by atoms with E-state index in [0.29, 0.717) is 16.3 Å². The SMILES string of the molecule is C=CCn1c(-c2ccccc2Cl)cn2cc(C(=O)N[C@@H](C)CO)nc2c1=O. The van der Waals surface area contributed by atoms with Gasteiger partial charge >= 0.3 is 0 Å². The molecular formula is C19H19ClN4O3. The molecule has 0 aliphatic rings. The number of nitrogens with zero attached hydrogens (tertiary/aromatic N) is 3. The molecule has 0 radical (unpaired) electrons. The van der Waals surface area contributed by atoms with E-state index in [9.17, 15) is 9.59 Å². The van der Waals surface area contributed by atoms with Crippen LogP contribution in [-0.2, 0) is 6.54 Å². The van der Waals surface area contributed by atoms with Crippen LogP contribution in [0.2, 0.25) is 5.02 Å². The van der Waals surface area contributed by atoms with Gasteiger partial charge in [-0.1, -0.05) is 35.9 Å². The summed E-state index contributed by atoms with van der Waals surface area (Å²) in [6.07, 6.45) is 4.80. The molecule has 1 atom stereocenters. The topological polar surface area (TPSA) is 88.6 Å². The van der Waals surface area contributed by atoms with Gasteiger partial charge in [0, 0.05) is 35.6 Å². The number of carbonyl (C=O) groups is 1. The molecular weight excluding hydrogens is 368 g/mol. The Balaban J connectivity index is 2.18. The second-order valence-electron chi connectivity index (χ2n) is 6.11. The van der Waals surface area contributed by atoms with Gasteiger partial charge in [-0.05, 0) is 13.0 Å². The fourth-order valence-corrected chi connectivity index (χ4v) is 2.96. The van der Waals surface area contributed by atoms with Crippen molar-refractivity contribution < 1.29 is 9.90 Å². The number of carbonyl (C=O) groups excluding carboxylic acids is 1. The molecule has 2 N–H and O–H groups in total. The van der Waals surface area contributed by atoms with E-state index in [4.69, 9.17) is 16.7 Å². The van der Waals surface area contributed by atoms with Gasteiger partial charge in [-0.15, -0.1) is 6.58 Å². The number of amides is 1. The minimum Gasteiger partial charge on any atom is -0.394 e. The first kappa shape index (κ1) is 18.9. The van der Waals surface area contributed by atoms with Gasteiger partial charge in [0.2, 0.25) is 5.65 Å². The summed E-state index contributed by atoms with van der Waals surface area (Å²) in [7, 11) is 0. The number of allylic oxidation sites excluding steroid dienone is 1. The van der Waals surface area contributed by atoms with E-state index >= 15 is 0 Å². The molecule has 0 bridgehead atoms. The summed E-state index contributed by atoms with van der Waals surface area (Å²) in [6.45, 7) is 5.45. The number of hydrogen-bond donors (Lipinski definition) is 2. The lowest BCUT2D eigenvalue weighted by atomic mass is 10.1. The van der Waals surface area contributed by atoms with Crippen molar-refractivity contribution in [2.75, 3.05) is 6.61 Å². The number of nitrogens with one attached hydrogen (secondary N) is 1. The maximum Gasteiger partial charge on any atom is 0.295 e. The lowest BCUT2D eigenvalue weighted by molar-refractivity contribution is 0.0918. The molecule has 3 aromatic rings. The average Bonchev–Trinajstić information content (AvgIpc) is 3.09. The zero-order chi connectivity index (χ0) is 19.6. The predicted octanol–water partition coefficient (Wildman–Crippen LogP) is 2.11. The smallest absolute Gasteiger partial charge is 0.295 e. The fourth-order valence-electron chi connectivity index (χ4n) is 2.73. The lowest BCUT2D eigenvalue weighted by Crippen LogP contribution is -2.35. The number of benzene rings is 1. The first-order valence-electron chi connectivity index (χ1n) is 8.36. The summed E-state index contributed by atoms with van der Waals surface area (Å²) in [6, 6.07) is 6.78. The van der Waals surface area contributed by atoms with Crippen molar-refractivity contribution in [2.45, 2.75) is 19.5 Å². The monoisotopic (exact) mass is 386 g/mol. The van der Waals surface area contributed by atoms with Gasteiger partial charge in [0.1, 0.15) is 5.69 Å². The standard InChI is InChI=1S/C19H19ClN4O3/c1-3-8-24-16(13-6-4-5-7-14(13)20)10-23-9-15(22-17(23)19(24)27)18(26)21-12(2)11-25/h3-7,9-10,12,25H,1,8,11H2,2H3,(H,21,26)/t12-/m0/s1. The molecule has 2 aromatic heterocycles. The van der Waals surface area contributed by atoms with Crippen molar-refractivity contribution >= 4 is 23.2 Å². The van der Waals surface area contributed by atoms with Crippen molar-refractivity contribution in [3.8, 4) is 11.3 Å². The summed E-state index contributed by atoms with van der Waals surface area (Å²) in [5.74, 6) is -0.464. The summed E-state index contributed by atoms with van der Waals surface area (Å²) in [4.78, 5) is 29.4. The second-order valence-corrected chi connectivity index (χ2v) is 6.52. The normalized spacial score (nSPS) is 12.1. The molecule has 140 valence electrons. The first-order chi connectivity index (χ1) is 13.0. The predicted molar refractivity (Wildman–Crippen MR) is 104 cm³/mol. The Morgan fingerprint density at radius 2 is 2.15 bits per heavy atom. The van der Waals surface area contributed by atoms with E-state index in [-0.39, 0.29) is 30.1 Å². The van der Waals surface area contributed by atoms with Crippen LogP contribution >= 0.6 is 11.6 Å². The molecule has 7 nitrogen and oxygen atoms in total. The summed E-state index contributed by atoms with van der Waals surface area (Å²) < 4.78 is 3.02. The van der Waals surface area contributed by atoms with Crippen molar-refractivity contribution in [3.05, 3.63) is 70.4 Å². The van der Waals surface area contributed by atoms with Gasteiger partial charge in [0.05, 0.1) is 12.3 Å². The highest BCUT2D eigenvalue weighted by molar-refractivity contribution is 6.33. The Morgan fingerprint density at radius 1 is 1.41 bits per heavy atom. The number of rotatable bonds is 6. The highest BCUT2D eigenvalue weighted by atomic mass is 35.5. The van der Waals surface area contributed by atoms with E-state index in [1.54, 1.807) is 25.3 Å². The van der Waals surface area contributed by atoms with Gasteiger partial charge in [0.25, 0.3) is 11.5 Å². The fraction of sp³-hybridized carbons (Fsp3) is 0.211. The van der Waals surface area contributed by atoms with Crippen molar-refractivity contribution in [1.82, 2.24) is 19.3 Å². The Labute approximate surface area is 160 Å². The molecule has 0 saturated heterocycles. The number of aliphatic hydroxyl groups is 1. The van der Waals surface area contributed by atoms with Crippen LogP contribution in [0.1, 0.15) is 17.4 Å². The zero-order valence-corrected chi connectivity index (χ0v) is 15.5. The third-order valence-electron chi connectivity index (χ3n) is 4.07. The average molecular weight is 387 g/mol. The third kappa shape index (κ3) is 3.65. The van der Waals surface area contributed by atoms with Crippen LogP contribution in [-0.4, -0.2) is 37.6 Å². The molecule has 0 aliphatic heterocycles. The van der Waals surface area contributed by atoms with Crippen LogP contribution in [0.5, 0.6) is 0 Å². The molecule has 0 aliphatic carbocycles. The molecule has 0 fully saturated rings. The number of fused-ring (bicyclic) bond motifs is 1. The highest BCUT2D eigenvalue weighted by Crippen LogP contribution is 2.27. The van der Waals surface area contributed by atoms with Crippen molar-refractivity contribution in [3.63, 3.8) is 0 Å². The third-order valence-corrected chi connectivity index (χ3v) is 4.40. The van der Waals surface area contributed by atoms with E-state index in [1.165, 1.54) is 15.2 Å². The van der Waals surface area contributed by atoms with Crippen LogP contribution in [0.15, 0.2) is 54.1 Å². The maximum atomic E-state index is 13.0. The molecule has 0 unspecified atom stereocenters. The van der Waals surface area contributed by atoms with Crippen LogP contribution in [0.25, 0.3) is 16.9 Å². The summed E-state index contributed by atoms with van der Waals surface area (Å²) in [5.41, 5.74) is 1.13. The molecule has 3 rings (SSSR count). The van der Waals surface area contributed by atoms with Gasteiger partial charge < -0.3 is 10.4 Å². The lowest BCUT2D eigenvalue weighted by Gasteiger charge is -2.13. The van der Waals surface area contributed by atoms with Gasteiger partial charge in [-0.3, -0.25) is 18.6 Å². The van der Waals surface area contributed by atoms with Crippen molar-refractivity contribution in [1.29, 1.82) is 0 Å². The molecule has 2 heterocycles. The molecule has 8 heteroatoms. The highest BCUT2D eigenvalue weighted by Gasteiger charge is 2.18. The van der Waals surface area contributed by atoms with Crippen molar-refractivity contribution in [2.24, 2.45) is 0 Å². The largest absolute Gasteiger partial charge is 0.394 e. The number of aromatic nitrogens is 3. The van der Waals surface area contributed by atoms with Gasteiger partial charge in [-0.25, -0.2) is 4.98 Å². The quantitative estimate of drug-likeness (QED) is 0.635. The Hall–Kier alpha value is -2.90. The van der Waals surface area contributed by atoms with Crippen LogP contribution in [0.4, 0.5) is 0 Å². The van der Waals surface area contributed by atoms with Crippen LogP contribution in [0.3, 0.4) is 0 Å². The van der Waals surface area contributed by atoms with E-state index in [0.717, 1.165) is 0 Å². The molecule has 1 aromatic carbocycles. The van der Waals surface area contributed by atoms with E-state index in [2.05, 4.69) is 16.9 Å². The second kappa shape index (κ2) is 7.77. The van der Waals surface area contributed by atoms with E-state index < -0.39 is 11.9 Å². The number of imidazole rings is 1. The minimum atomic E-state index is -0.464. The molecule has 0 saturated carbocycles. The number of aliphatic hydroxyl groups excluding tert-OH is 1. The van der Waals surface area contributed by atoms with Gasteiger partial charge in [0.15, 0.2) is 0 Å². The number of halogens is 1. The van der Waals surface area contributed by atoms with Crippen LogP contribution < -0.4 is 10.9 Å². The molecule has 1 amide bonds. The zero-order valence-electron chi connectivity index (χ0n) is 14.7. The summed E-state index contributed by atoms with van der Waals surface area (Å²) in [5, 5.41) is 12.2. The Morgan fingerprint density at radius 3 is 2.81 bits per heavy atom. The first-order valence-corrected chi connectivity index (χ1v) is 8.74.